The van der Waals surface area contributed by atoms with E-state index in [9.17, 15) is 43.8 Å². The maximum atomic E-state index is 13.6. The van der Waals surface area contributed by atoms with Crippen LogP contribution in [0.15, 0.2) is 46.2 Å². The average Bonchev–Trinajstić information content (AvgIpc) is 3.68. The third-order valence-corrected chi connectivity index (χ3v) is 8.94. The van der Waals surface area contributed by atoms with Gasteiger partial charge in [-0.3, -0.25) is 28.7 Å². The molecule has 0 radical (unpaired) electrons. The molecule has 0 spiro atoms. The van der Waals surface area contributed by atoms with Crippen molar-refractivity contribution in [3.63, 3.8) is 0 Å². The molecular weight excluding hydrogens is 682 g/mol. The predicted molar refractivity (Wildman–Crippen MR) is 186 cm³/mol. The molecule has 8 atom stereocenters. The van der Waals surface area contributed by atoms with E-state index in [1.165, 1.54) is 45.8 Å². The van der Waals surface area contributed by atoms with Crippen LogP contribution in [0, 0.1) is 6.92 Å². The van der Waals surface area contributed by atoms with E-state index < -0.39 is 89.6 Å². The number of nitrogens with two attached hydrogens (primary N) is 1. The highest BCUT2D eigenvalue weighted by atomic mass is 16.5. The highest BCUT2D eigenvalue weighted by molar-refractivity contribution is 5.93. The number of nitrogens with zero attached hydrogens (tertiary/aromatic N) is 2. The van der Waals surface area contributed by atoms with Gasteiger partial charge in [0, 0.05) is 55.3 Å². The highest BCUT2D eigenvalue weighted by Crippen LogP contribution is 2.27. The van der Waals surface area contributed by atoms with E-state index in [-0.39, 0.29) is 24.9 Å². The number of aromatic amines is 2. The van der Waals surface area contributed by atoms with Crippen LogP contribution in [0.3, 0.4) is 0 Å². The number of H-pyrrole nitrogens is 2. The van der Waals surface area contributed by atoms with Crippen molar-refractivity contribution in [1.29, 1.82) is 0 Å². The zero-order valence-electron chi connectivity index (χ0n) is 29.3. The predicted octanol–water partition coefficient (Wildman–Crippen LogP) is -1.85. The van der Waals surface area contributed by atoms with Gasteiger partial charge in [-0.25, -0.2) is 14.4 Å². The summed E-state index contributed by atoms with van der Waals surface area (Å²) in [5.74, 6) is -3.39. The van der Waals surface area contributed by atoms with Crippen LogP contribution < -0.4 is 38.2 Å². The third kappa shape index (κ3) is 9.22. The van der Waals surface area contributed by atoms with E-state index in [1.54, 1.807) is 12.3 Å². The lowest BCUT2D eigenvalue weighted by molar-refractivity contribution is -0.139. The van der Waals surface area contributed by atoms with Crippen LogP contribution in [0.2, 0.25) is 0 Å². The molecule has 1 saturated heterocycles. The molecule has 19 heteroatoms. The molecule has 10 N–H and O–H groups in total. The molecule has 2 aromatic heterocycles. The molecule has 3 aromatic rings. The highest BCUT2D eigenvalue weighted by Gasteiger charge is 2.38. The lowest BCUT2D eigenvalue weighted by Crippen LogP contribution is -2.62. The van der Waals surface area contributed by atoms with Gasteiger partial charge in [-0.2, -0.15) is 0 Å². The summed E-state index contributed by atoms with van der Waals surface area (Å²) in [4.78, 5) is 95.0. The number of urea groups is 1. The molecule has 0 unspecified atom stereocenters. The zero-order chi connectivity index (χ0) is 38.4. The Balaban J connectivity index is 1.41. The number of carboxylic acids is 1. The van der Waals surface area contributed by atoms with Crippen molar-refractivity contribution >= 4 is 40.6 Å². The minimum atomic E-state index is -1.38. The van der Waals surface area contributed by atoms with E-state index in [0.717, 1.165) is 15.5 Å². The minimum absolute atomic E-state index is 0.0128. The number of likely N-dealkylation sites (N-methyl/N-ethyl adjacent to an activating group) is 1. The Labute approximate surface area is 297 Å². The maximum Gasteiger partial charge on any atom is 0.330 e. The van der Waals surface area contributed by atoms with Crippen molar-refractivity contribution < 1.29 is 38.9 Å². The standard InChI is InChI=1S/C33H45N9O10/c1-15-14-42(33(51)40-26(15)44)30-24(43)11-20(52-30)13-36-28(46)25(18(4)41(5)29(47)16(2)34)39-27(45)17(3)37-32(50)38-23(31(48)49)10-19-12-35-22-9-7-6-8-21(19)22/h6-9,12,14,16-18,20,23-25,30,35,43H,10-11,13,34H2,1-5H3,(H,36,46)(H,39,45)(H,48,49)(H2,37,38,50)(H,40,44,51)/t16-,17+,18+,20-,23+,24-,25+,30-/m1/s1. The second kappa shape index (κ2) is 16.7. The second-order valence-electron chi connectivity index (χ2n) is 12.9. The van der Waals surface area contributed by atoms with Gasteiger partial charge in [0.2, 0.25) is 17.7 Å². The molecule has 1 fully saturated rings. The molecule has 52 heavy (non-hydrogen) atoms. The summed E-state index contributed by atoms with van der Waals surface area (Å²) in [6.07, 6.45) is -0.200. The van der Waals surface area contributed by atoms with Crippen molar-refractivity contribution in [1.82, 2.24) is 40.7 Å². The minimum Gasteiger partial charge on any atom is -0.480 e. The Hall–Kier alpha value is -5.53. The molecule has 3 heterocycles. The first-order valence-electron chi connectivity index (χ1n) is 16.6. The van der Waals surface area contributed by atoms with Crippen molar-refractivity contribution in [3.05, 3.63) is 68.6 Å². The van der Waals surface area contributed by atoms with Crippen molar-refractivity contribution in [3.8, 4) is 0 Å². The first-order chi connectivity index (χ1) is 24.5. The quantitative estimate of drug-likeness (QED) is 0.0889. The molecule has 4 rings (SSSR count). The molecule has 1 aliphatic rings. The second-order valence-corrected chi connectivity index (χ2v) is 12.9. The topological polar surface area (TPSA) is 283 Å². The van der Waals surface area contributed by atoms with E-state index in [4.69, 9.17) is 10.5 Å². The number of rotatable bonds is 14. The number of aliphatic hydroxyl groups excluding tert-OH is 1. The van der Waals surface area contributed by atoms with Gasteiger partial charge in [-0.15, -0.1) is 0 Å². The van der Waals surface area contributed by atoms with Gasteiger partial charge in [0.15, 0.2) is 6.23 Å². The number of hydrogen-bond donors (Lipinski definition) is 9. The van der Waals surface area contributed by atoms with Crippen LogP contribution in [0.1, 0.15) is 44.5 Å². The van der Waals surface area contributed by atoms with E-state index in [2.05, 4.69) is 31.2 Å². The Morgan fingerprint density at radius 1 is 1.08 bits per heavy atom. The molecule has 1 aliphatic heterocycles. The van der Waals surface area contributed by atoms with Gasteiger partial charge in [0.1, 0.15) is 24.2 Å². The normalized spacial score (nSPS) is 19.9. The lowest BCUT2D eigenvalue weighted by Gasteiger charge is -2.33. The number of fused-ring (bicyclic) bond motifs is 1. The van der Waals surface area contributed by atoms with Crippen LogP contribution in [-0.2, 0) is 30.3 Å². The molecule has 282 valence electrons. The number of aryl methyl sites for hydroxylation is 1. The number of amides is 5. The molecule has 19 nitrogen and oxygen atoms in total. The Bertz CT molecular complexity index is 1920. The van der Waals surface area contributed by atoms with Gasteiger partial charge in [-0.1, -0.05) is 18.2 Å². The summed E-state index contributed by atoms with van der Waals surface area (Å²) in [6.45, 7) is 5.61. The number of ether oxygens (including phenoxy) is 1. The number of carbonyl (C=O) groups is 5. The number of carboxylic acid groups (broad SMARTS) is 1. The van der Waals surface area contributed by atoms with Crippen LogP contribution in [-0.4, -0.2) is 115 Å². The van der Waals surface area contributed by atoms with Crippen molar-refractivity contribution in [2.75, 3.05) is 13.6 Å². The van der Waals surface area contributed by atoms with E-state index in [0.29, 0.717) is 5.56 Å². The summed E-state index contributed by atoms with van der Waals surface area (Å²) < 4.78 is 6.87. The Kier molecular flexibility index (Phi) is 12.6. The molecule has 0 aliphatic carbocycles. The number of hydrogen-bond acceptors (Lipinski definition) is 10. The molecular formula is C33H45N9O10. The number of aliphatic hydroxyl groups is 1. The third-order valence-electron chi connectivity index (χ3n) is 8.94. The molecule has 0 saturated carbocycles. The fourth-order valence-corrected chi connectivity index (χ4v) is 5.82. The maximum absolute atomic E-state index is 13.6. The van der Waals surface area contributed by atoms with Gasteiger partial charge < -0.3 is 51.8 Å². The van der Waals surface area contributed by atoms with Crippen LogP contribution in [0.5, 0.6) is 0 Å². The van der Waals surface area contributed by atoms with Crippen LogP contribution >= 0.6 is 0 Å². The molecule has 1 aromatic carbocycles. The van der Waals surface area contributed by atoms with Gasteiger partial charge in [-0.05, 0) is 39.3 Å². The Morgan fingerprint density at radius 3 is 2.44 bits per heavy atom. The Morgan fingerprint density at radius 2 is 1.77 bits per heavy atom. The SMILES string of the molecule is Cc1cn([C@@H]2O[C@@H](CNC(=O)[C@@H](NC(=O)[C@H](C)NC(=O)N[C@@H](Cc3c[nH]c4ccccc34)C(=O)O)[C@H](C)N(C)C(=O)[C@@H](C)N)C[C@H]2O)c(=O)[nH]c1=O. The number of carbonyl (C=O) groups excluding carboxylic acids is 4. The van der Waals surface area contributed by atoms with Crippen molar-refractivity contribution in [2.45, 2.75) is 89.2 Å². The lowest BCUT2D eigenvalue weighted by atomic mass is 10.1. The summed E-state index contributed by atoms with van der Waals surface area (Å²) >= 11 is 0. The monoisotopic (exact) mass is 727 g/mol. The summed E-state index contributed by atoms with van der Waals surface area (Å²) in [7, 11) is 1.41. The van der Waals surface area contributed by atoms with Crippen LogP contribution in [0.25, 0.3) is 10.9 Å². The van der Waals surface area contributed by atoms with Gasteiger partial charge >= 0.3 is 17.7 Å². The molecule has 5 amide bonds. The first kappa shape index (κ1) is 39.3. The number of benzene rings is 1. The number of aromatic nitrogens is 3. The van der Waals surface area contributed by atoms with Gasteiger partial charge in [0.05, 0.1) is 18.2 Å². The van der Waals surface area contributed by atoms with E-state index in [1.807, 2.05) is 18.2 Å². The first-order valence-corrected chi connectivity index (χ1v) is 16.6. The number of para-hydroxylation sites is 1. The molecule has 0 bridgehead atoms. The summed E-state index contributed by atoms with van der Waals surface area (Å²) in [5, 5.41) is 31.1. The summed E-state index contributed by atoms with van der Waals surface area (Å²) in [5.41, 5.74) is 6.09. The van der Waals surface area contributed by atoms with Gasteiger partial charge in [0.25, 0.3) is 5.56 Å². The summed E-state index contributed by atoms with van der Waals surface area (Å²) in [6, 6.07) is 0.457. The van der Waals surface area contributed by atoms with Crippen molar-refractivity contribution in [2.24, 2.45) is 5.73 Å². The number of nitrogens with one attached hydrogen (secondary N) is 6. The largest absolute Gasteiger partial charge is 0.480 e. The van der Waals surface area contributed by atoms with E-state index >= 15 is 0 Å². The number of aliphatic carboxylic acids is 1. The average molecular weight is 728 g/mol. The van der Waals surface area contributed by atoms with Crippen LogP contribution in [0.4, 0.5) is 4.79 Å². The smallest absolute Gasteiger partial charge is 0.330 e. The fourth-order valence-electron chi connectivity index (χ4n) is 5.82. The fraction of sp³-hybridized carbons (Fsp3) is 0.485. The zero-order valence-corrected chi connectivity index (χ0v) is 29.3.